The first-order chi connectivity index (χ1) is 9.72. The van der Waals surface area contributed by atoms with Crippen LogP contribution in [0.2, 0.25) is 0 Å². The fourth-order valence-electron chi connectivity index (χ4n) is 2.06. The summed E-state index contributed by atoms with van der Waals surface area (Å²) in [6.07, 6.45) is 1.72. The molecule has 1 saturated heterocycles. The first-order valence-corrected chi connectivity index (χ1v) is 6.53. The molecule has 0 radical (unpaired) electrons. The van der Waals surface area contributed by atoms with E-state index in [2.05, 4.69) is 35.7 Å². The lowest BCUT2D eigenvalue weighted by molar-refractivity contribution is -0.0287. The summed E-state index contributed by atoms with van der Waals surface area (Å²) in [7, 11) is 0. The Bertz CT molecular complexity index is 514. The van der Waals surface area contributed by atoms with Gasteiger partial charge in [0.25, 0.3) is 0 Å². The number of hydrogen-bond acceptors (Lipinski definition) is 5. The van der Waals surface area contributed by atoms with Crippen LogP contribution in [-0.4, -0.2) is 31.8 Å². The molecule has 1 aliphatic heterocycles. The van der Waals surface area contributed by atoms with Gasteiger partial charge in [0.05, 0.1) is 12.2 Å². The van der Waals surface area contributed by atoms with E-state index in [4.69, 9.17) is 9.47 Å². The van der Waals surface area contributed by atoms with Crippen LogP contribution in [0.25, 0.3) is 0 Å². The summed E-state index contributed by atoms with van der Waals surface area (Å²) in [5.41, 5.74) is 1.07. The number of nitrogens with zero attached hydrogens (tertiary/aromatic N) is 2. The number of morpholine rings is 1. The Kier molecular flexibility index (Phi) is 5.03. The zero-order valence-corrected chi connectivity index (χ0v) is 11.6. The van der Waals surface area contributed by atoms with Gasteiger partial charge in [-0.2, -0.15) is 5.10 Å². The molecular formula is C15H19N3O2. The molecule has 0 bridgehead atoms. The Hall–Kier alpha value is -1.98. The van der Waals surface area contributed by atoms with E-state index < -0.39 is 0 Å². The normalized spacial score (nSPS) is 23.1. The van der Waals surface area contributed by atoms with Crippen LogP contribution < -0.4 is 10.1 Å². The van der Waals surface area contributed by atoms with Gasteiger partial charge in [0.1, 0.15) is 5.75 Å². The van der Waals surface area contributed by atoms with Crippen molar-refractivity contribution in [2.75, 3.05) is 13.1 Å². The molecule has 2 rings (SSSR count). The number of benzene rings is 1. The van der Waals surface area contributed by atoms with Gasteiger partial charge in [-0.05, 0) is 30.7 Å². The first-order valence-electron chi connectivity index (χ1n) is 6.53. The molecule has 0 aromatic heterocycles. The van der Waals surface area contributed by atoms with Crippen LogP contribution in [0.5, 0.6) is 5.75 Å². The molecule has 0 spiro atoms. The second-order valence-corrected chi connectivity index (χ2v) is 4.55. The molecule has 2 atom stereocenters. The maximum Gasteiger partial charge on any atom is 0.238 e. The van der Waals surface area contributed by atoms with Crippen molar-refractivity contribution in [3.63, 3.8) is 0 Å². The highest BCUT2D eigenvalue weighted by molar-refractivity contribution is 5.88. The van der Waals surface area contributed by atoms with Crippen LogP contribution in [-0.2, 0) is 4.74 Å². The van der Waals surface area contributed by atoms with E-state index in [1.807, 2.05) is 24.3 Å². The summed E-state index contributed by atoms with van der Waals surface area (Å²) in [5, 5.41) is 10.5. The summed E-state index contributed by atoms with van der Waals surface area (Å²) in [5.74, 6) is 0.986. The second-order valence-electron chi connectivity index (χ2n) is 4.55. The van der Waals surface area contributed by atoms with Gasteiger partial charge in [0.15, 0.2) is 0 Å². The molecule has 5 heteroatoms. The highest BCUT2D eigenvalue weighted by atomic mass is 16.5. The van der Waals surface area contributed by atoms with Crippen LogP contribution in [0.3, 0.4) is 0 Å². The molecule has 1 heterocycles. The lowest BCUT2D eigenvalue weighted by atomic mass is 10.1. The van der Waals surface area contributed by atoms with Gasteiger partial charge in [0.2, 0.25) is 5.90 Å². The molecule has 0 saturated carbocycles. The molecule has 1 N–H and O–H groups in total. The van der Waals surface area contributed by atoms with E-state index in [0.717, 1.165) is 18.7 Å². The van der Waals surface area contributed by atoms with Crippen molar-refractivity contribution >= 4 is 12.6 Å². The first kappa shape index (κ1) is 14.4. The summed E-state index contributed by atoms with van der Waals surface area (Å²) in [6.45, 7) is 10.6. The van der Waals surface area contributed by atoms with Crippen LogP contribution >= 0.6 is 0 Å². The smallest absolute Gasteiger partial charge is 0.238 e. The largest absolute Gasteiger partial charge is 0.438 e. The van der Waals surface area contributed by atoms with Gasteiger partial charge in [0, 0.05) is 19.8 Å². The van der Waals surface area contributed by atoms with Crippen molar-refractivity contribution < 1.29 is 9.47 Å². The number of nitrogens with one attached hydrogen (secondary N) is 1. The van der Waals surface area contributed by atoms with Gasteiger partial charge >= 0.3 is 0 Å². The predicted molar refractivity (Wildman–Crippen MR) is 80.4 cm³/mol. The number of ether oxygens (including phenoxy) is 2. The van der Waals surface area contributed by atoms with Crippen molar-refractivity contribution in [1.82, 2.24) is 5.32 Å². The summed E-state index contributed by atoms with van der Waals surface area (Å²) in [4.78, 5) is 0. The van der Waals surface area contributed by atoms with Gasteiger partial charge < -0.3 is 14.8 Å². The standard InChI is InChI=1S/C15H19N3O2/c1-4-15(18-16-3)20-13-7-5-6-12(8-13)14-10-17-9-11(2)19-14/h4-8,11,14,17H,1,3,9-10H2,2H3/b18-15+. The minimum atomic E-state index is 0.0314. The lowest BCUT2D eigenvalue weighted by Gasteiger charge is -2.29. The number of hydrogen-bond donors (Lipinski definition) is 1. The average molecular weight is 273 g/mol. The number of rotatable bonds is 4. The average Bonchev–Trinajstić information content (AvgIpc) is 2.47. The van der Waals surface area contributed by atoms with Gasteiger partial charge in [-0.3, -0.25) is 0 Å². The molecule has 5 nitrogen and oxygen atoms in total. The van der Waals surface area contributed by atoms with Crippen LogP contribution in [0.4, 0.5) is 0 Å². The van der Waals surface area contributed by atoms with Crippen molar-refractivity contribution in [3.05, 3.63) is 42.5 Å². The van der Waals surface area contributed by atoms with E-state index in [1.54, 1.807) is 0 Å². The van der Waals surface area contributed by atoms with Crippen LogP contribution in [0, 0.1) is 0 Å². The van der Waals surface area contributed by atoms with Gasteiger partial charge in [-0.15, -0.1) is 5.10 Å². The monoisotopic (exact) mass is 273 g/mol. The Morgan fingerprint density at radius 3 is 3.05 bits per heavy atom. The summed E-state index contributed by atoms with van der Waals surface area (Å²) in [6, 6.07) is 7.74. The molecule has 106 valence electrons. The molecule has 1 aromatic rings. The second kappa shape index (κ2) is 6.98. The SMILES string of the molecule is C=C/C(=N\N=C)Oc1cccc(C2CNCC(C)O2)c1. The minimum Gasteiger partial charge on any atom is -0.438 e. The Labute approximate surface area is 119 Å². The molecule has 20 heavy (non-hydrogen) atoms. The van der Waals surface area contributed by atoms with Crippen molar-refractivity contribution in [1.29, 1.82) is 0 Å². The maximum atomic E-state index is 5.91. The minimum absolute atomic E-state index is 0.0314. The van der Waals surface area contributed by atoms with Gasteiger partial charge in [-0.25, -0.2) is 0 Å². The van der Waals surface area contributed by atoms with Gasteiger partial charge in [-0.1, -0.05) is 18.7 Å². The van der Waals surface area contributed by atoms with E-state index in [9.17, 15) is 0 Å². The fraction of sp³-hybridized carbons (Fsp3) is 0.333. The fourth-order valence-corrected chi connectivity index (χ4v) is 2.06. The molecule has 0 aliphatic carbocycles. The topological polar surface area (TPSA) is 55.2 Å². The molecular weight excluding hydrogens is 254 g/mol. The lowest BCUT2D eigenvalue weighted by Crippen LogP contribution is -2.38. The third kappa shape index (κ3) is 3.76. The summed E-state index contributed by atoms with van der Waals surface area (Å²) >= 11 is 0. The third-order valence-corrected chi connectivity index (χ3v) is 2.95. The molecule has 1 aliphatic rings. The highest BCUT2D eigenvalue weighted by Crippen LogP contribution is 2.24. The van der Waals surface area contributed by atoms with Crippen molar-refractivity contribution in [2.45, 2.75) is 19.1 Å². The predicted octanol–water partition coefficient (Wildman–Crippen LogP) is 2.31. The zero-order valence-electron chi connectivity index (χ0n) is 11.6. The van der Waals surface area contributed by atoms with Crippen LogP contribution in [0.1, 0.15) is 18.6 Å². The maximum absolute atomic E-state index is 5.91. The Balaban J connectivity index is 2.13. The van der Waals surface area contributed by atoms with Crippen LogP contribution in [0.15, 0.2) is 47.1 Å². The summed E-state index contributed by atoms with van der Waals surface area (Å²) < 4.78 is 11.5. The van der Waals surface area contributed by atoms with Crippen molar-refractivity contribution in [2.24, 2.45) is 10.2 Å². The van der Waals surface area contributed by atoms with E-state index in [1.165, 1.54) is 6.08 Å². The van der Waals surface area contributed by atoms with E-state index >= 15 is 0 Å². The molecule has 0 amide bonds. The third-order valence-electron chi connectivity index (χ3n) is 2.95. The molecule has 2 unspecified atom stereocenters. The molecule has 1 aromatic carbocycles. The highest BCUT2D eigenvalue weighted by Gasteiger charge is 2.20. The quantitative estimate of drug-likeness (QED) is 0.520. The Morgan fingerprint density at radius 1 is 1.50 bits per heavy atom. The van der Waals surface area contributed by atoms with E-state index in [0.29, 0.717) is 11.6 Å². The van der Waals surface area contributed by atoms with E-state index in [-0.39, 0.29) is 12.2 Å². The Morgan fingerprint density at radius 2 is 2.35 bits per heavy atom. The molecule has 1 fully saturated rings. The zero-order chi connectivity index (χ0) is 14.4. The van der Waals surface area contributed by atoms with Crippen molar-refractivity contribution in [3.8, 4) is 5.75 Å².